The molecule has 184 valence electrons. The molecule has 0 saturated carbocycles. The molecule has 1 saturated heterocycles. The largest absolute Gasteiger partial charge is 0.379 e. The molecule has 0 unspecified atom stereocenters. The Labute approximate surface area is 207 Å². The van der Waals surface area contributed by atoms with Crippen LogP contribution in [0.5, 0.6) is 0 Å². The predicted molar refractivity (Wildman–Crippen MR) is 137 cm³/mol. The SMILES string of the molecule is Cc1ccc(S(=O)(=O)N(C)c2ccc(C(=O)N[C@H](CN3CCOCC3)c3ccccc3)cc2)cc1. The van der Waals surface area contributed by atoms with Crippen molar-refractivity contribution in [3.05, 3.63) is 95.6 Å². The highest BCUT2D eigenvalue weighted by Crippen LogP contribution is 2.23. The molecule has 4 rings (SSSR count). The van der Waals surface area contributed by atoms with Crippen molar-refractivity contribution in [3.63, 3.8) is 0 Å². The maximum atomic E-state index is 13.1. The first-order chi connectivity index (χ1) is 16.8. The van der Waals surface area contributed by atoms with Crippen LogP contribution in [0.2, 0.25) is 0 Å². The summed E-state index contributed by atoms with van der Waals surface area (Å²) >= 11 is 0. The minimum absolute atomic E-state index is 0.175. The zero-order valence-corrected chi connectivity index (χ0v) is 20.9. The average Bonchev–Trinajstić information content (AvgIpc) is 2.89. The van der Waals surface area contributed by atoms with E-state index in [1.807, 2.05) is 37.3 Å². The number of anilines is 1. The van der Waals surface area contributed by atoms with Gasteiger partial charge in [0, 0.05) is 32.2 Å². The highest BCUT2D eigenvalue weighted by Gasteiger charge is 2.23. The predicted octanol–water partition coefficient (Wildman–Crippen LogP) is 3.62. The Morgan fingerprint density at radius 1 is 0.971 bits per heavy atom. The molecule has 8 heteroatoms. The molecule has 0 aliphatic carbocycles. The first-order valence-electron chi connectivity index (χ1n) is 11.7. The third-order valence-corrected chi connectivity index (χ3v) is 8.02. The van der Waals surface area contributed by atoms with Gasteiger partial charge in [-0.15, -0.1) is 0 Å². The Morgan fingerprint density at radius 3 is 2.23 bits per heavy atom. The van der Waals surface area contributed by atoms with Gasteiger partial charge in [0.2, 0.25) is 0 Å². The lowest BCUT2D eigenvalue weighted by atomic mass is 10.1. The molecule has 1 fully saturated rings. The van der Waals surface area contributed by atoms with E-state index in [1.165, 1.54) is 11.4 Å². The first-order valence-corrected chi connectivity index (χ1v) is 13.1. The minimum Gasteiger partial charge on any atom is -0.379 e. The molecule has 0 aromatic heterocycles. The number of carbonyl (C=O) groups is 1. The summed E-state index contributed by atoms with van der Waals surface area (Å²) in [6.07, 6.45) is 0. The summed E-state index contributed by atoms with van der Waals surface area (Å²) in [5.74, 6) is -0.206. The van der Waals surface area contributed by atoms with Crippen molar-refractivity contribution >= 4 is 21.6 Å². The fraction of sp³-hybridized carbons (Fsp3) is 0.296. The molecule has 1 aliphatic heterocycles. The lowest BCUT2D eigenvalue weighted by molar-refractivity contribution is 0.0332. The number of carbonyl (C=O) groups excluding carboxylic acids is 1. The van der Waals surface area contributed by atoms with Crippen molar-refractivity contribution in [1.29, 1.82) is 0 Å². The van der Waals surface area contributed by atoms with Crippen LogP contribution < -0.4 is 9.62 Å². The zero-order valence-electron chi connectivity index (χ0n) is 20.1. The molecule has 3 aromatic carbocycles. The van der Waals surface area contributed by atoms with Gasteiger partial charge in [0.05, 0.1) is 29.8 Å². The number of hydrogen-bond acceptors (Lipinski definition) is 5. The number of rotatable bonds is 8. The van der Waals surface area contributed by atoms with E-state index in [0.717, 1.165) is 24.2 Å². The van der Waals surface area contributed by atoms with Gasteiger partial charge in [-0.2, -0.15) is 0 Å². The number of aryl methyl sites for hydroxylation is 1. The second-order valence-electron chi connectivity index (χ2n) is 8.68. The lowest BCUT2D eigenvalue weighted by Crippen LogP contribution is -2.43. The average molecular weight is 494 g/mol. The summed E-state index contributed by atoms with van der Waals surface area (Å²) in [5, 5.41) is 3.15. The number of benzene rings is 3. The van der Waals surface area contributed by atoms with E-state index < -0.39 is 10.0 Å². The van der Waals surface area contributed by atoms with E-state index >= 15 is 0 Å². The number of morpholine rings is 1. The Hall–Kier alpha value is -3.20. The van der Waals surface area contributed by atoms with E-state index in [1.54, 1.807) is 48.5 Å². The molecule has 1 N–H and O–H groups in total. The number of nitrogens with zero attached hydrogens (tertiary/aromatic N) is 2. The lowest BCUT2D eigenvalue weighted by Gasteiger charge is -2.31. The van der Waals surface area contributed by atoms with Crippen LogP contribution in [0.25, 0.3) is 0 Å². The zero-order chi connectivity index (χ0) is 24.8. The molecule has 0 spiro atoms. The number of amides is 1. The number of nitrogens with one attached hydrogen (secondary N) is 1. The van der Waals surface area contributed by atoms with Gasteiger partial charge in [-0.3, -0.25) is 14.0 Å². The van der Waals surface area contributed by atoms with Crippen LogP contribution in [-0.2, 0) is 14.8 Å². The molecule has 3 aromatic rings. The Kier molecular flexibility index (Phi) is 7.85. The molecule has 1 amide bonds. The Balaban J connectivity index is 1.48. The van der Waals surface area contributed by atoms with Gasteiger partial charge in [-0.05, 0) is 48.9 Å². The minimum atomic E-state index is -3.70. The van der Waals surface area contributed by atoms with Crippen LogP contribution in [0.15, 0.2) is 83.8 Å². The van der Waals surface area contributed by atoms with Crippen LogP contribution in [0.3, 0.4) is 0 Å². The van der Waals surface area contributed by atoms with Crippen molar-refractivity contribution in [2.45, 2.75) is 17.9 Å². The maximum Gasteiger partial charge on any atom is 0.264 e. The van der Waals surface area contributed by atoms with E-state index in [4.69, 9.17) is 4.74 Å². The van der Waals surface area contributed by atoms with Gasteiger partial charge in [0.25, 0.3) is 15.9 Å². The summed E-state index contributed by atoms with van der Waals surface area (Å²) in [7, 11) is -2.18. The fourth-order valence-electron chi connectivity index (χ4n) is 4.03. The van der Waals surface area contributed by atoms with Crippen molar-refractivity contribution in [2.24, 2.45) is 0 Å². The van der Waals surface area contributed by atoms with Crippen molar-refractivity contribution in [1.82, 2.24) is 10.2 Å². The third kappa shape index (κ3) is 6.08. The van der Waals surface area contributed by atoms with Gasteiger partial charge >= 0.3 is 0 Å². The molecular weight excluding hydrogens is 462 g/mol. The van der Waals surface area contributed by atoms with Gasteiger partial charge in [-0.1, -0.05) is 48.0 Å². The van der Waals surface area contributed by atoms with E-state index in [-0.39, 0.29) is 16.8 Å². The van der Waals surface area contributed by atoms with Crippen LogP contribution in [0, 0.1) is 6.92 Å². The number of hydrogen-bond donors (Lipinski definition) is 1. The van der Waals surface area contributed by atoms with E-state index in [2.05, 4.69) is 10.2 Å². The molecule has 1 atom stereocenters. The summed E-state index contributed by atoms with van der Waals surface area (Å²) in [6, 6.07) is 23.1. The van der Waals surface area contributed by atoms with Crippen molar-refractivity contribution < 1.29 is 17.9 Å². The number of ether oxygens (including phenoxy) is 1. The normalized spacial score (nSPS) is 15.4. The van der Waals surface area contributed by atoms with Crippen LogP contribution >= 0.6 is 0 Å². The highest BCUT2D eigenvalue weighted by atomic mass is 32.2. The van der Waals surface area contributed by atoms with Crippen LogP contribution in [0.4, 0.5) is 5.69 Å². The second-order valence-corrected chi connectivity index (χ2v) is 10.7. The summed E-state index contributed by atoms with van der Waals surface area (Å²) < 4.78 is 32.7. The van der Waals surface area contributed by atoms with Gasteiger partial charge < -0.3 is 10.1 Å². The maximum absolute atomic E-state index is 13.1. The molecular formula is C27H31N3O4S. The summed E-state index contributed by atoms with van der Waals surface area (Å²) in [5.41, 5.74) is 2.98. The fourth-order valence-corrected chi connectivity index (χ4v) is 5.23. The van der Waals surface area contributed by atoms with Crippen LogP contribution in [0.1, 0.15) is 27.5 Å². The molecule has 0 radical (unpaired) electrons. The van der Waals surface area contributed by atoms with E-state index in [9.17, 15) is 13.2 Å². The molecule has 1 heterocycles. The molecule has 1 aliphatic rings. The number of sulfonamides is 1. The third-order valence-electron chi connectivity index (χ3n) is 6.22. The smallest absolute Gasteiger partial charge is 0.264 e. The monoisotopic (exact) mass is 493 g/mol. The van der Waals surface area contributed by atoms with Crippen LogP contribution in [-0.4, -0.2) is 59.1 Å². The molecule has 7 nitrogen and oxygen atoms in total. The second kappa shape index (κ2) is 11.0. The van der Waals surface area contributed by atoms with Crippen molar-refractivity contribution in [2.75, 3.05) is 44.2 Å². The summed E-state index contributed by atoms with van der Waals surface area (Å²) in [4.78, 5) is 15.6. The quantitative estimate of drug-likeness (QED) is 0.519. The topological polar surface area (TPSA) is 79.0 Å². The highest BCUT2D eigenvalue weighted by molar-refractivity contribution is 7.92. The van der Waals surface area contributed by atoms with Gasteiger partial charge in [0.15, 0.2) is 0 Å². The van der Waals surface area contributed by atoms with Gasteiger partial charge in [-0.25, -0.2) is 8.42 Å². The summed E-state index contributed by atoms with van der Waals surface area (Å²) in [6.45, 7) is 5.64. The van der Waals surface area contributed by atoms with E-state index in [0.29, 0.717) is 31.0 Å². The Morgan fingerprint density at radius 2 is 1.60 bits per heavy atom. The van der Waals surface area contributed by atoms with Crippen molar-refractivity contribution in [3.8, 4) is 0 Å². The standard InChI is InChI=1S/C27H31N3O4S/c1-21-8-14-25(15-9-21)35(32,33)29(2)24-12-10-23(11-13-24)27(31)28-26(22-6-4-3-5-7-22)20-30-16-18-34-19-17-30/h3-15,26H,16-20H2,1-2H3,(H,28,31)/t26-/m1/s1. The Bertz CT molecular complexity index is 1220. The molecule has 35 heavy (non-hydrogen) atoms. The molecule has 0 bridgehead atoms. The van der Waals surface area contributed by atoms with Gasteiger partial charge in [0.1, 0.15) is 0 Å². The first kappa shape index (κ1) is 24.9.